The van der Waals surface area contributed by atoms with E-state index in [0.717, 1.165) is 17.9 Å². The summed E-state index contributed by atoms with van der Waals surface area (Å²) >= 11 is 0. The number of nitrogens with one attached hydrogen (secondary N) is 1. The van der Waals surface area contributed by atoms with Gasteiger partial charge < -0.3 is 10.1 Å². The van der Waals surface area contributed by atoms with Crippen molar-refractivity contribution < 1.29 is 4.74 Å². The van der Waals surface area contributed by atoms with Crippen LogP contribution in [0.4, 0.5) is 5.95 Å². The van der Waals surface area contributed by atoms with Crippen LogP contribution in [0.1, 0.15) is 19.4 Å². The van der Waals surface area contributed by atoms with E-state index in [9.17, 15) is 0 Å². The van der Waals surface area contributed by atoms with Gasteiger partial charge in [-0.2, -0.15) is 0 Å². The third-order valence-electron chi connectivity index (χ3n) is 2.50. The monoisotopic (exact) mass is 257 g/mol. The number of ether oxygens (including phenoxy) is 1. The van der Waals surface area contributed by atoms with Gasteiger partial charge in [0.1, 0.15) is 5.75 Å². The lowest BCUT2D eigenvalue weighted by Crippen LogP contribution is -2.06. The van der Waals surface area contributed by atoms with Gasteiger partial charge in [0, 0.05) is 18.9 Å². The Morgan fingerprint density at radius 3 is 2.68 bits per heavy atom. The molecular weight excluding hydrogens is 238 g/mol. The molecule has 0 aliphatic heterocycles. The Labute approximate surface area is 113 Å². The van der Waals surface area contributed by atoms with Crippen LogP contribution in [0, 0.1) is 5.92 Å². The maximum atomic E-state index is 5.70. The third-order valence-corrected chi connectivity index (χ3v) is 2.50. The second-order valence-corrected chi connectivity index (χ2v) is 4.78. The predicted molar refractivity (Wildman–Crippen MR) is 76.1 cm³/mol. The molecule has 0 atom stereocenters. The first-order valence-electron chi connectivity index (χ1n) is 6.46. The van der Waals surface area contributed by atoms with E-state index in [1.807, 2.05) is 18.2 Å². The Hall–Kier alpha value is -2.10. The van der Waals surface area contributed by atoms with Crippen LogP contribution in [0.3, 0.4) is 0 Å². The van der Waals surface area contributed by atoms with Gasteiger partial charge in [-0.3, -0.25) is 0 Å². The van der Waals surface area contributed by atoms with Crippen molar-refractivity contribution in [3.63, 3.8) is 0 Å². The Balaban J connectivity index is 1.91. The molecule has 4 heteroatoms. The largest absolute Gasteiger partial charge is 0.493 e. The van der Waals surface area contributed by atoms with E-state index in [-0.39, 0.29) is 0 Å². The summed E-state index contributed by atoms with van der Waals surface area (Å²) in [7, 11) is 0. The molecule has 0 saturated heterocycles. The average molecular weight is 257 g/mol. The summed E-state index contributed by atoms with van der Waals surface area (Å²) in [5.41, 5.74) is 1.15. The predicted octanol–water partition coefficient (Wildman–Crippen LogP) is 3.12. The molecule has 4 nitrogen and oxygen atoms in total. The molecule has 1 heterocycles. The second kappa shape index (κ2) is 6.73. The highest BCUT2D eigenvalue weighted by Gasteiger charge is 2.00. The van der Waals surface area contributed by atoms with Crippen LogP contribution < -0.4 is 10.1 Å². The van der Waals surface area contributed by atoms with E-state index >= 15 is 0 Å². The van der Waals surface area contributed by atoms with E-state index in [1.165, 1.54) is 0 Å². The van der Waals surface area contributed by atoms with Gasteiger partial charge in [-0.25, -0.2) is 9.97 Å². The molecular formula is C15H19N3O. The van der Waals surface area contributed by atoms with Gasteiger partial charge in [0.15, 0.2) is 0 Å². The summed E-state index contributed by atoms with van der Waals surface area (Å²) < 4.78 is 5.70. The van der Waals surface area contributed by atoms with E-state index in [4.69, 9.17) is 4.74 Å². The maximum absolute atomic E-state index is 5.70. The summed E-state index contributed by atoms with van der Waals surface area (Å²) in [5.74, 6) is 2.07. The van der Waals surface area contributed by atoms with Gasteiger partial charge >= 0.3 is 0 Å². The molecule has 0 aliphatic carbocycles. The number of benzene rings is 1. The number of nitrogens with zero attached hydrogens (tertiary/aromatic N) is 2. The molecule has 0 spiro atoms. The van der Waals surface area contributed by atoms with E-state index in [0.29, 0.717) is 18.4 Å². The summed E-state index contributed by atoms with van der Waals surface area (Å²) in [5, 5.41) is 3.18. The van der Waals surface area contributed by atoms with Crippen LogP contribution in [0.25, 0.3) is 0 Å². The lowest BCUT2D eigenvalue weighted by atomic mass is 10.2. The lowest BCUT2D eigenvalue weighted by Gasteiger charge is -2.10. The minimum Gasteiger partial charge on any atom is -0.493 e. The summed E-state index contributed by atoms with van der Waals surface area (Å²) in [6.07, 6.45) is 3.44. The van der Waals surface area contributed by atoms with Crippen molar-refractivity contribution in [3.8, 4) is 5.75 Å². The summed E-state index contributed by atoms with van der Waals surface area (Å²) in [6.45, 7) is 5.69. The molecule has 0 amide bonds. The molecule has 1 aromatic carbocycles. The van der Waals surface area contributed by atoms with Crippen molar-refractivity contribution in [3.05, 3.63) is 48.3 Å². The van der Waals surface area contributed by atoms with E-state index in [2.05, 4.69) is 35.2 Å². The molecule has 0 unspecified atom stereocenters. The highest BCUT2D eigenvalue weighted by Crippen LogP contribution is 2.15. The minimum absolute atomic E-state index is 0.527. The zero-order chi connectivity index (χ0) is 13.5. The van der Waals surface area contributed by atoms with Crippen molar-refractivity contribution in [2.75, 3.05) is 11.9 Å². The Kier molecular flexibility index (Phi) is 4.72. The van der Waals surface area contributed by atoms with Crippen LogP contribution in [-0.2, 0) is 6.54 Å². The standard InChI is InChI=1S/C15H19N3O/c1-12(2)11-19-14-6-3-5-13(9-14)10-18-15-16-7-4-8-17-15/h3-9,12H,10-11H2,1-2H3,(H,16,17,18). The van der Waals surface area contributed by atoms with Crippen LogP contribution in [0.15, 0.2) is 42.7 Å². The first kappa shape index (κ1) is 13.3. The van der Waals surface area contributed by atoms with Crippen molar-refractivity contribution in [2.45, 2.75) is 20.4 Å². The topological polar surface area (TPSA) is 47.0 Å². The number of hydrogen-bond acceptors (Lipinski definition) is 4. The van der Waals surface area contributed by atoms with Gasteiger partial charge in [-0.1, -0.05) is 26.0 Å². The van der Waals surface area contributed by atoms with Crippen LogP contribution in [0.2, 0.25) is 0 Å². The van der Waals surface area contributed by atoms with Crippen LogP contribution in [0.5, 0.6) is 5.75 Å². The van der Waals surface area contributed by atoms with Gasteiger partial charge in [0.25, 0.3) is 0 Å². The Morgan fingerprint density at radius 2 is 1.95 bits per heavy atom. The van der Waals surface area contributed by atoms with Gasteiger partial charge in [-0.15, -0.1) is 0 Å². The Morgan fingerprint density at radius 1 is 1.16 bits per heavy atom. The molecule has 0 aliphatic rings. The van der Waals surface area contributed by atoms with Crippen LogP contribution >= 0.6 is 0 Å². The minimum atomic E-state index is 0.527. The second-order valence-electron chi connectivity index (χ2n) is 4.78. The van der Waals surface area contributed by atoms with Crippen molar-refractivity contribution >= 4 is 5.95 Å². The van der Waals surface area contributed by atoms with Crippen molar-refractivity contribution in [2.24, 2.45) is 5.92 Å². The van der Waals surface area contributed by atoms with E-state index in [1.54, 1.807) is 18.5 Å². The molecule has 2 aromatic rings. The first-order chi connectivity index (χ1) is 9.24. The molecule has 1 N–H and O–H groups in total. The molecule has 0 fully saturated rings. The molecule has 100 valence electrons. The van der Waals surface area contributed by atoms with Crippen molar-refractivity contribution in [1.82, 2.24) is 9.97 Å². The Bertz CT molecular complexity index is 500. The quantitative estimate of drug-likeness (QED) is 0.863. The highest BCUT2D eigenvalue weighted by atomic mass is 16.5. The number of rotatable bonds is 6. The van der Waals surface area contributed by atoms with Gasteiger partial charge in [-0.05, 0) is 29.7 Å². The van der Waals surface area contributed by atoms with Gasteiger partial charge in [0.2, 0.25) is 5.95 Å². The molecule has 2 rings (SSSR count). The molecule has 0 bridgehead atoms. The number of anilines is 1. The zero-order valence-corrected chi connectivity index (χ0v) is 11.3. The maximum Gasteiger partial charge on any atom is 0.222 e. The zero-order valence-electron chi connectivity index (χ0n) is 11.3. The van der Waals surface area contributed by atoms with Crippen LogP contribution in [-0.4, -0.2) is 16.6 Å². The number of hydrogen-bond donors (Lipinski definition) is 1. The highest BCUT2D eigenvalue weighted by molar-refractivity contribution is 5.32. The number of aromatic nitrogens is 2. The molecule has 19 heavy (non-hydrogen) atoms. The SMILES string of the molecule is CC(C)COc1cccc(CNc2ncccn2)c1. The molecule has 0 radical (unpaired) electrons. The fraction of sp³-hybridized carbons (Fsp3) is 0.333. The summed E-state index contributed by atoms with van der Waals surface area (Å²) in [4.78, 5) is 8.24. The lowest BCUT2D eigenvalue weighted by molar-refractivity contribution is 0.271. The van der Waals surface area contributed by atoms with E-state index < -0.39 is 0 Å². The fourth-order valence-corrected chi connectivity index (χ4v) is 1.58. The first-order valence-corrected chi connectivity index (χ1v) is 6.46. The summed E-state index contributed by atoms with van der Waals surface area (Å²) in [6, 6.07) is 9.87. The fourth-order valence-electron chi connectivity index (χ4n) is 1.58. The van der Waals surface area contributed by atoms with Gasteiger partial charge in [0.05, 0.1) is 6.61 Å². The average Bonchev–Trinajstić information content (AvgIpc) is 2.44. The molecule has 0 saturated carbocycles. The third kappa shape index (κ3) is 4.58. The normalized spacial score (nSPS) is 10.5. The molecule has 1 aromatic heterocycles. The smallest absolute Gasteiger partial charge is 0.222 e. The van der Waals surface area contributed by atoms with Crippen molar-refractivity contribution in [1.29, 1.82) is 0 Å².